The fourth-order valence-electron chi connectivity index (χ4n) is 3.58. The number of unbranched alkanes of at least 4 members (excludes halogenated alkanes) is 1. The van der Waals surface area contributed by atoms with Crippen molar-refractivity contribution >= 4 is 23.1 Å². The van der Waals surface area contributed by atoms with Gasteiger partial charge in [-0.2, -0.15) is 0 Å². The van der Waals surface area contributed by atoms with E-state index in [1.54, 1.807) is 0 Å². The first-order chi connectivity index (χ1) is 16.0. The largest absolute Gasteiger partial charge is 0.494 e. The van der Waals surface area contributed by atoms with Crippen LogP contribution in [0.5, 0.6) is 5.75 Å². The normalized spacial score (nSPS) is 13.7. The second-order valence-electron chi connectivity index (χ2n) is 8.20. The van der Waals surface area contributed by atoms with Crippen LogP contribution in [-0.4, -0.2) is 43.1 Å². The summed E-state index contributed by atoms with van der Waals surface area (Å²) in [6, 6.07) is 15.1. The number of nitrogens with one attached hydrogen (secondary N) is 1. The number of rotatable bonds is 13. The highest BCUT2D eigenvalue weighted by Crippen LogP contribution is 2.31. The number of benzene rings is 2. The first-order valence-electron chi connectivity index (χ1n) is 11.8. The summed E-state index contributed by atoms with van der Waals surface area (Å²) >= 11 is 0. The number of aryl methyl sites for hydroxylation is 1. The summed E-state index contributed by atoms with van der Waals surface area (Å²) in [5, 5.41) is 3.21. The Morgan fingerprint density at radius 2 is 1.64 bits per heavy atom. The first kappa shape index (κ1) is 24.5. The SMILES string of the molecule is CCCCOCCCN1C(=O)C(Nc2cccc(OCCC)c2)=C(c2ccc(C)cc2)C1=O. The number of anilines is 1. The third-order valence-electron chi connectivity index (χ3n) is 5.40. The van der Waals surface area contributed by atoms with Crippen LogP contribution >= 0.6 is 0 Å². The Balaban J connectivity index is 1.82. The quantitative estimate of drug-likeness (QED) is 0.336. The Hall–Kier alpha value is -3.12. The van der Waals surface area contributed by atoms with E-state index >= 15 is 0 Å². The topological polar surface area (TPSA) is 67.9 Å². The van der Waals surface area contributed by atoms with Crippen molar-refractivity contribution in [3.05, 3.63) is 65.4 Å². The molecular formula is C27H34N2O4. The van der Waals surface area contributed by atoms with Gasteiger partial charge in [-0.25, -0.2) is 0 Å². The van der Waals surface area contributed by atoms with Gasteiger partial charge in [0.25, 0.3) is 11.8 Å². The van der Waals surface area contributed by atoms with Gasteiger partial charge in [-0.15, -0.1) is 0 Å². The number of nitrogens with zero attached hydrogens (tertiary/aromatic N) is 1. The third-order valence-corrected chi connectivity index (χ3v) is 5.40. The predicted octanol–water partition coefficient (Wildman–Crippen LogP) is 5.18. The molecule has 1 heterocycles. The van der Waals surface area contributed by atoms with Crippen LogP contribution in [0.25, 0.3) is 5.57 Å². The second kappa shape index (κ2) is 12.2. The molecule has 0 radical (unpaired) electrons. The van der Waals surface area contributed by atoms with Crippen LogP contribution in [0.4, 0.5) is 5.69 Å². The summed E-state index contributed by atoms with van der Waals surface area (Å²) in [5.74, 6) is 0.125. The number of carbonyl (C=O) groups is 2. The molecule has 2 aromatic rings. The summed E-state index contributed by atoms with van der Waals surface area (Å²) < 4.78 is 11.3. The van der Waals surface area contributed by atoms with E-state index in [1.807, 2.05) is 62.4 Å². The van der Waals surface area contributed by atoms with Crippen molar-refractivity contribution < 1.29 is 19.1 Å². The van der Waals surface area contributed by atoms with Crippen LogP contribution in [0.15, 0.2) is 54.2 Å². The number of hydrogen-bond acceptors (Lipinski definition) is 5. The minimum absolute atomic E-state index is 0.279. The van der Waals surface area contributed by atoms with E-state index in [9.17, 15) is 9.59 Å². The van der Waals surface area contributed by atoms with Crippen molar-refractivity contribution in [2.24, 2.45) is 0 Å². The van der Waals surface area contributed by atoms with Crippen molar-refractivity contribution in [1.82, 2.24) is 4.90 Å². The summed E-state index contributed by atoms with van der Waals surface area (Å²) in [6.45, 7) is 8.32. The van der Waals surface area contributed by atoms with E-state index in [0.29, 0.717) is 49.7 Å². The highest BCUT2D eigenvalue weighted by atomic mass is 16.5. The molecule has 1 aliphatic heterocycles. The average Bonchev–Trinajstić information content (AvgIpc) is 3.05. The Bertz CT molecular complexity index is 982. The Morgan fingerprint density at radius 3 is 2.36 bits per heavy atom. The summed E-state index contributed by atoms with van der Waals surface area (Å²) in [7, 11) is 0. The van der Waals surface area contributed by atoms with Gasteiger partial charge in [0.2, 0.25) is 0 Å². The lowest BCUT2D eigenvalue weighted by atomic mass is 10.0. The average molecular weight is 451 g/mol. The molecule has 0 atom stereocenters. The second-order valence-corrected chi connectivity index (χ2v) is 8.20. The molecule has 0 unspecified atom stereocenters. The lowest BCUT2D eigenvalue weighted by molar-refractivity contribution is -0.137. The van der Waals surface area contributed by atoms with Crippen molar-refractivity contribution in [1.29, 1.82) is 0 Å². The van der Waals surface area contributed by atoms with Gasteiger partial charge in [-0.3, -0.25) is 14.5 Å². The maximum Gasteiger partial charge on any atom is 0.278 e. The third kappa shape index (κ3) is 6.45. The number of hydrogen-bond donors (Lipinski definition) is 1. The van der Waals surface area contributed by atoms with E-state index < -0.39 is 0 Å². The van der Waals surface area contributed by atoms with E-state index in [-0.39, 0.29) is 11.8 Å². The van der Waals surface area contributed by atoms with Gasteiger partial charge in [0.05, 0.1) is 12.2 Å². The van der Waals surface area contributed by atoms with Crippen molar-refractivity contribution in [3.63, 3.8) is 0 Å². The molecule has 1 N–H and O–H groups in total. The van der Waals surface area contributed by atoms with Gasteiger partial charge in [-0.1, -0.05) is 56.2 Å². The predicted molar refractivity (Wildman–Crippen MR) is 131 cm³/mol. The molecule has 0 saturated carbocycles. The van der Waals surface area contributed by atoms with Crippen LogP contribution in [0, 0.1) is 6.92 Å². The monoisotopic (exact) mass is 450 g/mol. The van der Waals surface area contributed by atoms with E-state index in [2.05, 4.69) is 12.2 Å². The minimum atomic E-state index is -0.316. The van der Waals surface area contributed by atoms with Crippen LogP contribution < -0.4 is 10.1 Å². The Kier molecular flexibility index (Phi) is 9.07. The highest BCUT2D eigenvalue weighted by Gasteiger charge is 2.38. The molecular weight excluding hydrogens is 416 g/mol. The Morgan fingerprint density at radius 1 is 0.879 bits per heavy atom. The number of imide groups is 1. The van der Waals surface area contributed by atoms with E-state index in [4.69, 9.17) is 9.47 Å². The van der Waals surface area contributed by atoms with Gasteiger partial charge in [0.15, 0.2) is 0 Å². The molecule has 176 valence electrons. The molecule has 0 spiro atoms. The summed E-state index contributed by atoms with van der Waals surface area (Å²) in [5.41, 5.74) is 3.21. The van der Waals surface area contributed by atoms with Crippen LogP contribution in [0.1, 0.15) is 50.7 Å². The molecule has 2 amide bonds. The maximum absolute atomic E-state index is 13.3. The molecule has 3 rings (SSSR count). The molecule has 0 fully saturated rings. The minimum Gasteiger partial charge on any atom is -0.494 e. The number of ether oxygens (including phenoxy) is 2. The van der Waals surface area contributed by atoms with Crippen LogP contribution in [0.2, 0.25) is 0 Å². The lowest BCUT2D eigenvalue weighted by Crippen LogP contribution is -2.34. The molecule has 0 aliphatic carbocycles. The van der Waals surface area contributed by atoms with Crippen LogP contribution in [-0.2, 0) is 14.3 Å². The van der Waals surface area contributed by atoms with Crippen molar-refractivity contribution in [3.8, 4) is 5.75 Å². The van der Waals surface area contributed by atoms with E-state index in [1.165, 1.54) is 4.90 Å². The first-order valence-corrected chi connectivity index (χ1v) is 11.8. The zero-order valence-corrected chi connectivity index (χ0v) is 19.9. The van der Waals surface area contributed by atoms with Gasteiger partial charge in [0, 0.05) is 31.5 Å². The summed E-state index contributed by atoms with van der Waals surface area (Å²) in [6.07, 6.45) is 3.60. The van der Waals surface area contributed by atoms with Gasteiger partial charge < -0.3 is 14.8 Å². The molecule has 6 nitrogen and oxygen atoms in total. The smallest absolute Gasteiger partial charge is 0.278 e. The zero-order chi connectivity index (χ0) is 23.6. The number of carbonyl (C=O) groups excluding carboxylic acids is 2. The molecule has 1 aliphatic rings. The van der Waals surface area contributed by atoms with Crippen molar-refractivity contribution in [2.75, 3.05) is 31.7 Å². The standard InChI is InChI=1S/C27H34N2O4/c1-4-6-17-32-18-8-15-29-26(30)24(21-13-11-20(3)12-14-21)25(27(29)31)28-22-9-7-10-23(19-22)33-16-5-2/h7,9-14,19,28H,4-6,8,15-18H2,1-3H3. The summed E-state index contributed by atoms with van der Waals surface area (Å²) in [4.78, 5) is 27.9. The zero-order valence-electron chi connectivity index (χ0n) is 19.9. The van der Waals surface area contributed by atoms with Crippen molar-refractivity contribution in [2.45, 2.75) is 46.5 Å². The fourth-order valence-corrected chi connectivity index (χ4v) is 3.58. The Labute approximate surface area is 196 Å². The molecule has 0 bridgehead atoms. The molecule has 2 aromatic carbocycles. The van der Waals surface area contributed by atoms with Gasteiger partial charge in [0.1, 0.15) is 11.4 Å². The molecule has 0 aromatic heterocycles. The maximum atomic E-state index is 13.3. The molecule has 33 heavy (non-hydrogen) atoms. The van der Waals surface area contributed by atoms with E-state index in [0.717, 1.165) is 36.1 Å². The fraction of sp³-hybridized carbons (Fsp3) is 0.407. The number of amides is 2. The molecule has 0 saturated heterocycles. The lowest BCUT2D eigenvalue weighted by Gasteiger charge is -2.15. The van der Waals surface area contributed by atoms with Crippen LogP contribution in [0.3, 0.4) is 0 Å². The highest BCUT2D eigenvalue weighted by molar-refractivity contribution is 6.36. The molecule has 6 heteroatoms. The van der Waals surface area contributed by atoms with Gasteiger partial charge in [-0.05, 0) is 43.9 Å². The van der Waals surface area contributed by atoms with Gasteiger partial charge >= 0.3 is 0 Å².